The zero-order valence-electron chi connectivity index (χ0n) is 11.8. The molecule has 1 aromatic carbocycles. The molecule has 1 heterocycles. The third-order valence-electron chi connectivity index (χ3n) is 3.40. The van der Waals surface area contributed by atoms with Crippen LogP contribution >= 0.6 is 0 Å². The largest absolute Gasteiger partial charge is 0.468 e. The van der Waals surface area contributed by atoms with E-state index in [4.69, 9.17) is 4.42 Å². The Hall–Kier alpha value is -2.14. The van der Waals surface area contributed by atoms with Gasteiger partial charge in [0, 0.05) is 17.7 Å². The highest BCUT2D eigenvalue weighted by Crippen LogP contribution is 2.25. The monoisotopic (exact) mass is 274 g/mol. The summed E-state index contributed by atoms with van der Waals surface area (Å²) >= 11 is 0. The van der Waals surface area contributed by atoms with Gasteiger partial charge in [-0.2, -0.15) is 0 Å². The number of nitrogens with zero attached hydrogens (tertiary/aromatic N) is 1. The molecule has 0 saturated carbocycles. The molecule has 106 valence electrons. The van der Waals surface area contributed by atoms with Crippen molar-refractivity contribution >= 4 is 5.69 Å². The topological polar surface area (TPSA) is 68.3 Å². The number of rotatable bonds is 5. The van der Waals surface area contributed by atoms with Gasteiger partial charge in [0.15, 0.2) is 0 Å². The van der Waals surface area contributed by atoms with E-state index in [0.29, 0.717) is 5.56 Å². The Labute approximate surface area is 117 Å². The summed E-state index contributed by atoms with van der Waals surface area (Å²) in [5.74, 6) is 0.846. The second-order valence-corrected chi connectivity index (χ2v) is 4.93. The Morgan fingerprint density at radius 3 is 2.60 bits per heavy atom. The lowest BCUT2D eigenvalue weighted by molar-refractivity contribution is -0.385. The number of aryl methyl sites for hydroxylation is 1. The summed E-state index contributed by atoms with van der Waals surface area (Å²) in [5.41, 5.74) is 1.72. The number of furan rings is 1. The molecule has 0 aliphatic carbocycles. The fraction of sp³-hybridized carbons (Fsp3) is 0.333. The summed E-state index contributed by atoms with van der Waals surface area (Å²) in [5, 5.41) is 14.3. The van der Waals surface area contributed by atoms with Crippen LogP contribution in [0.5, 0.6) is 0 Å². The molecule has 5 heteroatoms. The molecule has 0 aliphatic heterocycles. The van der Waals surface area contributed by atoms with Gasteiger partial charge < -0.3 is 9.73 Å². The number of nitrogens with one attached hydrogen (secondary N) is 1. The van der Waals surface area contributed by atoms with E-state index in [1.54, 1.807) is 25.3 Å². The molecule has 0 amide bonds. The fourth-order valence-corrected chi connectivity index (χ4v) is 2.18. The molecule has 2 rings (SSSR count). The molecule has 1 N–H and O–H groups in total. The lowest BCUT2D eigenvalue weighted by atomic mass is 10.0. The molecule has 5 nitrogen and oxygen atoms in total. The molecule has 0 radical (unpaired) electrons. The number of nitro groups is 1. The second-order valence-electron chi connectivity index (χ2n) is 4.93. The molecule has 1 unspecified atom stereocenters. The minimum absolute atomic E-state index is 0.00519. The number of nitro benzene ring substituents is 1. The molecule has 0 spiro atoms. The third-order valence-corrected chi connectivity index (χ3v) is 3.40. The Morgan fingerprint density at radius 1 is 1.25 bits per heavy atom. The van der Waals surface area contributed by atoms with Crippen LogP contribution in [-0.4, -0.2) is 4.92 Å². The number of hydrogen-bond donors (Lipinski definition) is 1. The van der Waals surface area contributed by atoms with E-state index in [2.05, 4.69) is 5.32 Å². The molecule has 0 aliphatic rings. The van der Waals surface area contributed by atoms with Gasteiger partial charge in [0.1, 0.15) is 5.76 Å². The Morgan fingerprint density at radius 2 is 2.00 bits per heavy atom. The highest BCUT2D eigenvalue weighted by Gasteiger charge is 2.17. The molecule has 2 atom stereocenters. The van der Waals surface area contributed by atoms with Crippen LogP contribution in [0.4, 0.5) is 5.69 Å². The Kier molecular flexibility index (Phi) is 4.20. The first kappa shape index (κ1) is 14.3. The molecule has 0 saturated heterocycles. The maximum Gasteiger partial charge on any atom is 0.272 e. The molecule has 0 bridgehead atoms. The van der Waals surface area contributed by atoms with Gasteiger partial charge >= 0.3 is 0 Å². The van der Waals surface area contributed by atoms with E-state index in [1.165, 1.54) is 0 Å². The van der Waals surface area contributed by atoms with Crippen LogP contribution in [0.1, 0.15) is 42.8 Å². The van der Waals surface area contributed by atoms with Gasteiger partial charge in [-0.15, -0.1) is 0 Å². The summed E-state index contributed by atoms with van der Waals surface area (Å²) in [4.78, 5) is 10.6. The first-order chi connectivity index (χ1) is 9.49. The molecular weight excluding hydrogens is 256 g/mol. The van der Waals surface area contributed by atoms with Gasteiger partial charge in [0.25, 0.3) is 5.69 Å². The van der Waals surface area contributed by atoms with E-state index in [-0.39, 0.29) is 22.7 Å². The van der Waals surface area contributed by atoms with E-state index in [9.17, 15) is 10.1 Å². The first-order valence-electron chi connectivity index (χ1n) is 6.53. The molecular formula is C15H18N2O3. The quantitative estimate of drug-likeness (QED) is 0.663. The summed E-state index contributed by atoms with van der Waals surface area (Å²) in [6, 6.07) is 9.10. The molecule has 2 aromatic rings. The van der Waals surface area contributed by atoms with E-state index in [0.717, 1.165) is 11.3 Å². The minimum Gasteiger partial charge on any atom is -0.468 e. The highest BCUT2D eigenvalue weighted by atomic mass is 16.6. The van der Waals surface area contributed by atoms with Crippen molar-refractivity contribution in [2.45, 2.75) is 32.9 Å². The van der Waals surface area contributed by atoms with Crippen molar-refractivity contribution in [1.82, 2.24) is 5.32 Å². The lowest BCUT2D eigenvalue weighted by Crippen LogP contribution is -2.22. The van der Waals surface area contributed by atoms with E-state index < -0.39 is 0 Å². The highest BCUT2D eigenvalue weighted by molar-refractivity contribution is 5.43. The average molecular weight is 274 g/mol. The molecule has 0 fully saturated rings. The average Bonchev–Trinajstić information content (AvgIpc) is 2.92. The van der Waals surface area contributed by atoms with Gasteiger partial charge in [-0.1, -0.05) is 12.1 Å². The maximum absolute atomic E-state index is 11.0. The SMILES string of the molecule is Cc1ccc(C(C)N[C@H](C)c2ccco2)cc1[N+](=O)[O-]. The minimum atomic E-state index is -0.346. The predicted octanol–water partition coefficient (Wildman–Crippen LogP) is 3.91. The van der Waals surface area contributed by atoms with Crippen molar-refractivity contribution in [1.29, 1.82) is 0 Å². The van der Waals surface area contributed by atoms with Crippen LogP contribution in [0.2, 0.25) is 0 Å². The van der Waals surface area contributed by atoms with Gasteiger partial charge in [0.05, 0.1) is 17.2 Å². The number of benzene rings is 1. The van der Waals surface area contributed by atoms with Crippen LogP contribution in [0.15, 0.2) is 41.0 Å². The van der Waals surface area contributed by atoms with Crippen LogP contribution in [0, 0.1) is 17.0 Å². The Balaban J connectivity index is 2.15. The van der Waals surface area contributed by atoms with Crippen LogP contribution in [-0.2, 0) is 0 Å². The molecule has 20 heavy (non-hydrogen) atoms. The summed E-state index contributed by atoms with van der Waals surface area (Å²) in [6.45, 7) is 5.72. The van der Waals surface area contributed by atoms with Crippen molar-refractivity contribution in [3.63, 3.8) is 0 Å². The maximum atomic E-state index is 11.0. The smallest absolute Gasteiger partial charge is 0.272 e. The van der Waals surface area contributed by atoms with Gasteiger partial charge in [0.2, 0.25) is 0 Å². The first-order valence-corrected chi connectivity index (χ1v) is 6.53. The normalized spacial score (nSPS) is 13.9. The Bertz CT molecular complexity index is 593. The van der Waals surface area contributed by atoms with Crippen molar-refractivity contribution in [2.75, 3.05) is 0 Å². The van der Waals surface area contributed by atoms with Crippen molar-refractivity contribution in [2.24, 2.45) is 0 Å². The third kappa shape index (κ3) is 3.05. The van der Waals surface area contributed by atoms with Crippen LogP contribution in [0.25, 0.3) is 0 Å². The van der Waals surface area contributed by atoms with E-state index in [1.807, 2.05) is 32.0 Å². The molecule has 1 aromatic heterocycles. The van der Waals surface area contributed by atoms with Gasteiger partial charge in [-0.05, 0) is 38.5 Å². The van der Waals surface area contributed by atoms with E-state index >= 15 is 0 Å². The summed E-state index contributed by atoms with van der Waals surface area (Å²) in [6.07, 6.45) is 1.63. The van der Waals surface area contributed by atoms with Crippen LogP contribution in [0.3, 0.4) is 0 Å². The predicted molar refractivity (Wildman–Crippen MR) is 76.5 cm³/mol. The number of hydrogen-bond acceptors (Lipinski definition) is 4. The van der Waals surface area contributed by atoms with Gasteiger partial charge in [-0.25, -0.2) is 0 Å². The zero-order chi connectivity index (χ0) is 14.7. The van der Waals surface area contributed by atoms with Crippen molar-refractivity contribution in [3.8, 4) is 0 Å². The second kappa shape index (κ2) is 5.88. The van der Waals surface area contributed by atoms with Gasteiger partial charge in [-0.3, -0.25) is 10.1 Å². The van der Waals surface area contributed by atoms with Crippen molar-refractivity contribution < 1.29 is 9.34 Å². The standard InChI is InChI=1S/C15H18N2O3/c1-10-6-7-13(9-14(10)17(18)19)11(2)16-12(3)15-5-4-8-20-15/h4-9,11-12,16H,1-3H3/t11?,12-/m1/s1. The zero-order valence-corrected chi connectivity index (χ0v) is 11.8. The summed E-state index contributed by atoms with van der Waals surface area (Å²) in [7, 11) is 0. The lowest BCUT2D eigenvalue weighted by Gasteiger charge is -2.19. The summed E-state index contributed by atoms with van der Waals surface area (Å²) < 4.78 is 5.34. The fourth-order valence-electron chi connectivity index (χ4n) is 2.18. The van der Waals surface area contributed by atoms with Crippen LogP contribution < -0.4 is 5.32 Å². The van der Waals surface area contributed by atoms with Crippen molar-refractivity contribution in [3.05, 3.63) is 63.6 Å².